The van der Waals surface area contributed by atoms with E-state index in [0.717, 1.165) is 139 Å². The van der Waals surface area contributed by atoms with E-state index in [0.29, 0.717) is 78.3 Å². The standard InChI is InChI=1S/C65H81N11O9S/c1-43(73(3)65(79)80)61(77)70-59(45-14-5-4-6-15-45)63(78)76-28-12-21-57(76)62-68-55(42-86-62)51-22-23-58(52-19-10-9-18-50(51)52)84-36-34-82-32-31-81-33-35-83-48-37-47(72(2)39-48)41-85-64-69-54-40-74(56-20-11-16-44-13-7-8-17-49(44)56)29-25-53(54)60(71-64)75-30-27-67-46(38-75)24-26-66/h7-11,13,16-20,22-23,42-43,45-48,57,59,67H,4-6,12,14-15,21,24-25,27-41H2,1-3H3,(H,70,77)(H,79,80)/t43?,46?,47-,48+,57?,59-/m0/s1. The first-order chi connectivity index (χ1) is 42.0. The number of anilines is 2. The second-order valence-electron chi connectivity index (χ2n) is 23.5. The molecule has 6 heterocycles. The van der Waals surface area contributed by atoms with Gasteiger partial charge in [0.05, 0.1) is 75.6 Å². The summed E-state index contributed by atoms with van der Waals surface area (Å²) in [5.41, 5.74) is 5.14. The van der Waals surface area contributed by atoms with Crippen LogP contribution in [0.1, 0.15) is 87.0 Å². The number of carbonyl (C=O) groups is 3. The number of thiazole rings is 1. The maximum absolute atomic E-state index is 14.5. The Morgan fingerprint density at radius 2 is 1.60 bits per heavy atom. The fourth-order valence-electron chi connectivity index (χ4n) is 13.1. The molecule has 0 spiro atoms. The molecule has 2 aromatic heterocycles. The molecule has 3 unspecified atom stereocenters. The number of nitrogens with zero attached hydrogens (tertiary/aromatic N) is 9. The van der Waals surface area contributed by atoms with E-state index in [4.69, 9.17) is 38.6 Å². The molecule has 4 aliphatic heterocycles. The predicted molar refractivity (Wildman–Crippen MR) is 331 cm³/mol. The Kier molecular flexibility index (Phi) is 20.1. The summed E-state index contributed by atoms with van der Waals surface area (Å²) < 4.78 is 30.9. The highest BCUT2D eigenvalue weighted by Crippen LogP contribution is 2.41. The third-order valence-corrected chi connectivity index (χ3v) is 18.9. The van der Waals surface area contributed by atoms with Crippen LogP contribution in [0.2, 0.25) is 0 Å². The third-order valence-electron chi connectivity index (χ3n) is 18.0. The average molecular weight is 1190 g/mol. The van der Waals surface area contributed by atoms with Crippen molar-refractivity contribution in [3.63, 3.8) is 0 Å². The summed E-state index contributed by atoms with van der Waals surface area (Å²) in [4.78, 5) is 64.8. The van der Waals surface area contributed by atoms with Crippen molar-refractivity contribution in [1.82, 2.24) is 40.3 Å². The first kappa shape index (κ1) is 60.5. The van der Waals surface area contributed by atoms with E-state index >= 15 is 0 Å². The molecule has 3 saturated heterocycles. The number of benzene rings is 4. The van der Waals surface area contributed by atoms with E-state index in [1.807, 2.05) is 35.2 Å². The Bertz CT molecular complexity index is 3350. The summed E-state index contributed by atoms with van der Waals surface area (Å²) in [6, 6.07) is 28.2. The number of likely N-dealkylation sites (N-methyl/N-ethyl adjacent to an activating group) is 2. The number of nitrogens with one attached hydrogen (secondary N) is 2. The van der Waals surface area contributed by atoms with Crippen LogP contribution in [0.25, 0.3) is 32.8 Å². The van der Waals surface area contributed by atoms with Crippen LogP contribution in [0.4, 0.5) is 16.3 Å². The lowest BCUT2D eigenvalue weighted by Crippen LogP contribution is -2.56. The number of ether oxygens (including phenoxy) is 5. The number of likely N-dealkylation sites (tertiary alicyclic amines) is 2. The van der Waals surface area contributed by atoms with Crippen LogP contribution in [-0.4, -0.2) is 183 Å². The number of hydrogen-bond acceptors (Lipinski definition) is 17. The molecule has 5 aliphatic rings. The van der Waals surface area contributed by atoms with Crippen molar-refractivity contribution >= 4 is 62.3 Å². The molecule has 6 aromatic rings. The van der Waals surface area contributed by atoms with E-state index in [1.54, 1.807) is 18.3 Å². The number of rotatable bonds is 24. The Morgan fingerprint density at radius 1 is 0.837 bits per heavy atom. The van der Waals surface area contributed by atoms with E-state index in [2.05, 4.69) is 92.4 Å². The molecule has 6 atom stereocenters. The zero-order valence-electron chi connectivity index (χ0n) is 49.7. The number of piperazine rings is 1. The summed E-state index contributed by atoms with van der Waals surface area (Å²) in [6.45, 7) is 9.66. The summed E-state index contributed by atoms with van der Waals surface area (Å²) in [7, 11) is 3.47. The Balaban J connectivity index is 0.620. The van der Waals surface area contributed by atoms with E-state index in [1.165, 1.54) is 23.5 Å². The second-order valence-corrected chi connectivity index (χ2v) is 24.4. The van der Waals surface area contributed by atoms with E-state index in [-0.39, 0.29) is 36.1 Å². The maximum Gasteiger partial charge on any atom is 0.407 e. The van der Waals surface area contributed by atoms with Crippen molar-refractivity contribution in [1.29, 1.82) is 5.26 Å². The molecule has 11 rings (SSSR count). The molecular formula is C65H81N11O9S. The molecule has 3 N–H and O–H groups in total. The van der Waals surface area contributed by atoms with Crippen LogP contribution in [0.15, 0.2) is 84.2 Å². The highest BCUT2D eigenvalue weighted by atomic mass is 32.1. The lowest BCUT2D eigenvalue weighted by molar-refractivity contribution is -0.140. The minimum Gasteiger partial charge on any atom is -0.491 e. The summed E-state index contributed by atoms with van der Waals surface area (Å²) in [5.74, 6) is 1.07. The van der Waals surface area contributed by atoms with Crippen molar-refractivity contribution in [3.05, 3.63) is 101 Å². The van der Waals surface area contributed by atoms with Crippen LogP contribution in [0.3, 0.4) is 0 Å². The van der Waals surface area contributed by atoms with Crippen LogP contribution in [-0.2, 0) is 36.8 Å². The zero-order chi connectivity index (χ0) is 59.5. The summed E-state index contributed by atoms with van der Waals surface area (Å²) in [6.07, 6.45) is 7.26. The van der Waals surface area contributed by atoms with Crippen molar-refractivity contribution in [2.45, 2.75) is 114 Å². The highest BCUT2D eigenvalue weighted by Gasteiger charge is 2.41. The van der Waals surface area contributed by atoms with Crippen LogP contribution >= 0.6 is 11.3 Å². The first-order valence-corrected chi connectivity index (χ1v) is 31.6. The summed E-state index contributed by atoms with van der Waals surface area (Å²) >= 11 is 1.54. The van der Waals surface area contributed by atoms with Crippen molar-refractivity contribution in [2.75, 3.05) is 109 Å². The van der Waals surface area contributed by atoms with Crippen molar-refractivity contribution < 1.29 is 43.2 Å². The minimum absolute atomic E-state index is 0.0139. The molecule has 4 aromatic carbocycles. The van der Waals surface area contributed by atoms with Gasteiger partial charge in [0.25, 0.3) is 0 Å². The number of carbonyl (C=O) groups excluding carboxylic acids is 2. The van der Waals surface area contributed by atoms with Gasteiger partial charge in [-0.25, -0.2) is 9.78 Å². The monoisotopic (exact) mass is 1190 g/mol. The normalized spacial score (nSPS) is 20.8. The fourth-order valence-corrected chi connectivity index (χ4v) is 14.1. The molecule has 456 valence electrons. The van der Waals surface area contributed by atoms with Gasteiger partial charge in [0.1, 0.15) is 41.9 Å². The van der Waals surface area contributed by atoms with Crippen LogP contribution in [0.5, 0.6) is 11.8 Å². The number of aromatic nitrogens is 3. The van der Waals surface area contributed by atoms with Crippen molar-refractivity contribution in [2.24, 2.45) is 5.92 Å². The lowest BCUT2D eigenvalue weighted by atomic mass is 9.83. The van der Waals surface area contributed by atoms with E-state index in [9.17, 15) is 24.8 Å². The van der Waals surface area contributed by atoms with Gasteiger partial charge in [-0.3, -0.25) is 19.4 Å². The molecule has 3 amide bonds. The molecule has 4 fully saturated rings. The quantitative estimate of drug-likeness (QED) is 0.0484. The fraction of sp³-hybridized carbons (Fsp3) is 0.523. The van der Waals surface area contributed by atoms with Crippen LogP contribution < -0.4 is 29.9 Å². The van der Waals surface area contributed by atoms with Gasteiger partial charge >= 0.3 is 12.1 Å². The highest BCUT2D eigenvalue weighted by molar-refractivity contribution is 7.10. The van der Waals surface area contributed by atoms with Gasteiger partial charge in [-0.15, -0.1) is 11.3 Å². The Hall–Kier alpha value is -7.19. The second kappa shape index (κ2) is 28.5. The molecule has 0 radical (unpaired) electrons. The van der Waals surface area contributed by atoms with Gasteiger partial charge < -0.3 is 54.1 Å². The third kappa shape index (κ3) is 14.1. The molecule has 20 nitrogen and oxygen atoms in total. The molecule has 86 heavy (non-hydrogen) atoms. The van der Waals surface area contributed by atoms with E-state index < -0.39 is 24.1 Å². The number of carboxylic acid groups (broad SMARTS) is 1. The van der Waals surface area contributed by atoms with Crippen LogP contribution in [0, 0.1) is 17.2 Å². The molecular weight excluding hydrogens is 1110 g/mol. The van der Waals surface area contributed by atoms with Gasteiger partial charge in [0.15, 0.2) is 0 Å². The molecule has 1 saturated carbocycles. The first-order valence-electron chi connectivity index (χ1n) is 30.8. The number of fused-ring (bicyclic) bond motifs is 3. The molecule has 1 aliphatic carbocycles. The summed E-state index contributed by atoms with van der Waals surface area (Å²) in [5, 5.41) is 32.8. The molecule has 0 bridgehead atoms. The minimum atomic E-state index is -1.20. The van der Waals surface area contributed by atoms with Gasteiger partial charge in [0.2, 0.25) is 11.8 Å². The number of amides is 3. The SMILES string of the molecule is CC(C(=O)N[C@H](C(=O)N1CCCC1c1nc(-c2ccc(OCCOCCOCCO[C@@H]3C[C@@H](COc4nc5c(c(N6CCNC(CC#N)C6)n4)CCN(c4cccc6ccccc46)C5)N(C)C3)c3ccccc23)cs1)C1CCCCC1)N(C)C(=O)O. The smallest absolute Gasteiger partial charge is 0.407 e. The number of nitriles is 1. The van der Waals surface area contributed by atoms with Gasteiger partial charge in [0, 0.05) is 91.4 Å². The van der Waals surface area contributed by atoms with Crippen molar-refractivity contribution in [3.8, 4) is 29.1 Å². The predicted octanol–water partition coefficient (Wildman–Crippen LogP) is 8.47. The number of hydrogen-bond donors (Lipinski definition) is 3. The Labute approximate surface area is 507 Å². The Morgan fingerprint density at radius 3 is 2.42 bits per heavy atom. The van der Waals surface area contributed by atoms with Gasteiger partial charge in [-0.1, -0.05) is 79.9 Å². The molecule has 21 heteroatoms. The maximum atomic E-state index is 14.5. The average Bonchev–Trinajstić information content (AvgIpc) is 1.82. The lowest BCUT2D eigenvalue weighted by Gasteiger charge is -2.37. The topological polar surface area (TPSA) is 220 Å². The van der Waals surface area contributed by atoms with Gasteiger partial charge in [-0.05, 0) is 87.4 Å². The largest absolute Gasteiger partial charge is 0.491 e. The van der Waals surface area contributed by atoms with Gasteiger partial charge in [-0.2, -0.15) is 15.2 Å². The zero-order valence-corrected chi connectivity index (χ0v) is 50.6.